The minimum Gasteiger partial charge on any atom is -0.458 e. The minimum atomic E-state index is -3.03. The van der Waals surface area contributed by atoms with Gasteiger partial charge in [-0.05, 0) is 57.1 Å². The molecule has 1 unspecified atom stereocenters. The zero-order valence-corrected chi connectivity index (χ0v) is 32.1. The lowest BCUT2D eigenvalue weighted by Crippen LogP contribution is -2.77. The minimum absolute atomic E-state index is 0.581. The summed E-state index contributed by atoms with van der Waals surface area (Å²) in [5, 5.41) is 7.15. The van der Waals surface area contributed by atoms with E-state index >= 15 is 0 Å². The van der Waals surface area contributed by atoms with Crippen LogP contribution in [0.3, 0.4) is 0 Å². The Balaban J connectivity index is 1.08. The predicted molar refractivity (Wildman–Crippen MR) is 234 cm³/mol. The molecule has 0 saturated heterocycles. The highest BCUT2D eigenvalue weighted by Gasteiger charge is 2.53. The van der Waals surface area contributed by atoms with Crippen molar-refractivity contribution in [1.82, 2.24) is 19.5 Å². The Labute approximate surface area is 335 Å². The van der Waals surface area contributed by atoms with Gasteiger partial charge in [0.1, 0.15) is 23.0 Å². The summed E-state index contributed by atoms with van der Waals surface area (Å²) in [5.74, 6) is 5.17. The van der Waals surface area contributed by atoms with Crippen LogP contribution in [0.5, 0.6) is 23.0 Å². The largest absolute Gasteiger partial charge is 0.458 e. The van der Waals surface area contributed by atoms with Crippen molar-refractivity contribution in [2.24, 2.45) is 0 Å². The number of ether oxygens (including phenoxy) is 2. The first-order valence-corrected chi connectivity index (χ1v) is 21.4. The van der Waals surface area contributed by atoms with Crippen molar-refractivity contribution < 1.29 is 9.47 Å². The van der Waals surface area contributed by atoms with E-state index in [2.05, 4.69) is 138 Å². The summed E-state index contributed by atoms with van der Waals surface area (Å²) in [4.78, 5) is 15.0. The topological polar surface area (TPSA) is 62.1 Å². The number of fused-ring (bicyclic) bond motifs is 11. The van der Waals surface area contributed by atoms with Gasteiger partial charge in [-0.2, -0.15) is 0 Å². The van der Waals surface area contributed by atoms with Gasteiger partial charge in [0.25, 0.3) is 0 Å². The molecule has 2 aliphatic rings. The first-order chi connectivity index (χ1) is 28.7. The molecule has 7 heteroatoms. The van der Waals surface area contributed by atoms with Crippen LogP contribution in [0.1, 0.15) is 0 Å². The molecule has 4 heterocycles. The summed E-state index contributed by atoms with van der Waals surface area (Å²) < 4.78 is 16.2. The van der Waals surface area contributed by atoms with Gasteiger partial charge in [0.2, 0.25) is 0 Å². The number of hydrogen-bond acceptors (Lipinski definition) is 5. The molecule has 0 aliphatic carbocycles. The number of aromatic nitrogens is 4. The zero-order valence-electron chi connectivity index (χ0n) is 31.1. The number of benzene rings is 8. The molecule has 0 bridgehead atoms. The molecule has 6 nitrogen and oxygen atoms in total. The van der Waals surface area contributed by atoms with Crippen LogP contribution in [0, 0.1) is 0 Å². The standard InChI is InChI=1S/C51H32N4O2Si/c1-3-15-33(16-4-1)49-52-50(34-17-5-2-6-18-34)54-51(53-49)35-27-29-47-43(31-35)56-41-23-11-13-25-45(41)58(47)46-26-14-12-24-42(46)57-44-32-36(28-30-48(44)58)55-39-21-9-7-19-37(39)38-20-8-10-22-40(38)55/h1-32H. The van der Waals surface area contributed by atoms with E-state index in [1.54, 1.807) is 0 Å². The fourth-order valence-electron chi connectivity index (χ4n) is 9.08. The molecule has 0 saturated carbocycles. The lowest BCUT2D eigenvalue weighted by Gasteiger charge is -2.43. The summed E-state index contributed by atoms with van der Waals surface area (Å²) in [7, 11) is -3.03. The Bertz CT molecular complexity index is 3130. The zero-order chi connectivity index (χ0) is 38.2. The van der Waals surface area contributed by atoms with Crippen LogP contribution < -0.4 is 30.2 Å². The first-order valence-electron chi connectivity index (χ1n) is 19.4. The van der Waals surface area contributed by atoms with Crippen LogP contribution in [0.25, 0.3) is 61.7 Å². The fraction of sp³-hybridized carbons (Fsp3) is 0. The summed E-state index contributed by atoms with van der Waals surface area (Å²) in [6.07, 6.45) is 0. The quantitative estimate of drug-likeness (QED) is 0.167. The average Bonchev–Trinajstić information content (AvgIpc) is 3.63. The second-order valence-corrected chi connectivity index (χ2v) is 18.4. The molecule has 272 valence electrons. The van der Waals surface area contributed by atoms with E-state index < -0.39 is 8.07 Å². The summed E-state index contributed by atoms with van der Waals surface area (Å²) in [6, 6.07) is 67.7. The Kier molecular flexibility index (Phi) is 7.15. The van der Waals surface area contributed by atoms with E-state index in [4.69, 9.17) is 24.4 Å². The van der Waals surface area contributed by atoms with E-state index in [-0.39, 0.29) is 0 Å². The molecule has 58 heavy (non-hydrogen) atoms. The van der Waals surface area contributed by atoms with Crippen molar-refractivity contribution in [2.75, 3.05) is 0 Å². The second-order valence-electron chi connectivity index (χ2n) is 14.7. The van der Waals surface area contributed by atoms with Gasteiger partial charge in [0.15, 0.2) is 25.5 Å². The monoisotopic (exact) mass is 760 g/mol. The molecule has 2 aromatic heterocycles. The molecule has 1 atom stereocenters. The van der Waals surface area contributed by atoms with Crippen molar-refractivity contribution >= 4 is 50.6 Å². The van der Waals surface area contributed by atoms with Crippen molar-refractivity contribution in [1.29, 1.82) is 0 Å². The molecule has 0 N–H and O–H groups in total. The molecule has 8 aromatic carbocycles. The average molecular weight is 761 g/mol. The highest BCUT2D eigenvalue weighted by molar-refractivity contribution is 7.21. The van der Waals surface area contributed by atoms with Gasteiger partial charge in [-0.15, -0.1) is 0 Å². The second kappa shape index (κ2) is 12.7. The number of para-hydroxylation sites is 4. The normalized spacial score (nSPS) is 14.9. The fourth-order valence-corrected chi connectivity index (χ4v) is 14.2. The maximum absolute atomic E-state index is 6.95. The summed E-state index contributed by atoms with van der Waals surface area (Å²) in [5.41, 5.74) is 6.06. The van der Waals surface area contributed by atoms with E-state index in [1.807, 2.05) is 60.7 Å². The van der Waals surface area contributed by atoms with Crippen LogP contribution in [0.2, 0.25) is 0 Å². The number of hydrogen-bond donors (Lipinski definition) is 0. The van der Waals surface area contributed by atoms with Gasteiger partial charge < -0.3 is 14.0 Å². The molecule has 10 aromatic rings. The smallest absolute Gasteiger partial charge is 0.196 e. The Morgan fingerprint density at radius 1 is 0.345 bits per heavy atom. The Hall–Kier alpha value is -7.61. The molecular formula is C51H32N4O2Si. The summed E-state index contributed by atoms with van der Waals surface area (Å²) >= 11 is 0. The number of nitrogens with zero attached hydrogens (tertiary/aromatic N) is 4. The third kappa shape index (κ3) is 4.80. The van der Waals surface area contributed by atoms with Crippen molar-refractivity contribution in [3.05, 3.63) is 194 Å². The highest BCUT2D eigenvalue weighted by atomic mass is 28.3. The van der Waals surface area contributed by atoms with Crippen LogP contribution in [-0.2, 0) is 0 Å². The molecule has 12 rings (SSSR count). The van der Waals surface area contributed by atoms with Gasteiger partial charge in [-0.3, -0.25) is 0 Å². The van der Waals surface area contributed by atoms with Crippen LogP contribution in [0.4, 0.5) is 0 Å². The summed E-state index contributed by atoms with van der Waals surface area (Å²) in [6.45, 7) is 0. The van der Waals surface area contributed by atoms with Gasteiger partial charge >= 0.3 is 0 Å². The SMILES string of the molecule is c1ccc(-c2nc(-c3ccccc3)nc(-c3ccc4c(c3)Oc3ccccc3[Si]43c4ccccc4Oc4cc(-n5c6ccccc6c6ccccc65)ccc43)n2)cc1. The molecule has 0 radical (unpaired) electrons. The maximum atomic E-state index is 6.95. The maximum Gasteiger partial charge on any atom is 0.196 e. The lowest BCUT2D eigenvalue weighted by atomic mass is 10.1. The molecule has 0 fully saturated rings. The van der Waals surface area contributed by atoms with E-state index in [9.17, 15) is 0 Å². The molecule has 2 aliphatic heterocycles. The Morgan fingerprint density at radius 3 is 1.34 bits per heavy atom. The van der Waals surface area contributed by atoms with Crippen LogP contribution in [0.15, 0.2) is 194 Å². The molecule has 0 amide bonds. The molecule has 1 spiro atoms. The lowest BCUT2D eigenvalue weighted by molar-refractivity contribution is 0.481. The van der Waals surface area contributed by atoms with Gasteiger partial charge in [0.05, 0.1) is 11.0 Å². The van der Waals surface area contributed by atoms with Crippen molar-refractivity contribution in [3.8, 4) is 62.8 Å². The van der Waals surface area contributed by atoms with Crippen molar-refractivity contribution in [3.63, 3.8) is 0 Å². The van der Waals surface area contributed by atoms with Crippen molar-refractivity contribution in [2.45, 2.75) is 0 Å². The highest BCUT2D eigenvalue weighted by Crippen LogP contribution is 2.39. The Morgan fingerprint density at radius 2 is 0.776 bits per heavy atom. The number of rotatable bonds is 4. The van der Waals surface area contributed by atoms with E-state index in [1.165, 1.54) is 26.3 Å². The van der Waals surface area contributed by atoms with E-state index in [0.717, 1.165) is 61.6 Å². The molecular weight excluding hydrogens is 729 g/mol. The first kappa shape index (κ1) is 32.6. The third-order valence-electron chi connectivity index (χ3n) is 11.6. The van der Waals surface area contributed by atoms with Gasteiger partial charge in [0, 0.05) is 39.2 Å². The van der Waals surface area contributed by atoms with Crippen LogP contribution in [-0.4, -0.2) is 27.6 Å². The van der Waals surface area contributed by atoms with Crippen LogP contribution >= 0.6 is 0 Å². The van der Waals surface area contributed by atoms with Gasteiger partial charge in [-0.25, -0.2) is 15.0 Å². The van der Waals surface area contributed by atoms with Gasteiger partial charge in [-0.1, -0.05) is 152 Å². The third-order valence-corrected chi connectivity index (χ3v) is 16.5. The van der Waals surface area contributed by atoms with E-state index in [0.29, 0.717) is 17.5 Å². The predicted octanol–water partition coefficient (Wildman–Crippen LogP) is 9.56.